The summed E-state index contributed by atoms with van der Waals surface area (Å²) in [6.45, 7) is 18.4. The second-order valence-corrected chi connectivity index (χ2v) is 13.3. The molecule has 35 heavy (non-hydrogen) atoms. The zero-order valence-corrected chi connectivity index (χ0v) is 23.8. The van der Waals surface area contributed by atoms with Gasteiger partial charge in [-0.1, -0.05) is 65.0 Å². The van der Waals surface area contributed by atoms with E-state index in [1.807, 2.05) is 46.8 Å². The molecule has 2 aromatic carbocycles. The van der Waals surface area contributed by atoms with Gasteiger partial charge in [0.05, 0.1) is 11.4 Å². The Morgan fingerprint density at radius 1 is 0.943 bits per heavy atom. The summed E-state index contributed by atoms with van der Waals surface area (Å²) in [4.78, 5) is 0. The molecule has 0 saturated heterocycles. The number of aliphatic hydroxyl groups excluding tert-OH is 1. The van der Waals surface area contributed by atoms with E-state index in [2.05, 4.69) is 42.8 Å². The molecular formula is C29H45NO4S. The number of rotatable bonds is 11. The number of benzene rings is 2. The first kappa shape index (κ1) is 29.3. The van der Waals surface area contributed by atoms with Gasteiger partial charge in [0, 0.05) is 12.0 Å². The molecule has 0 fully saturated rings. The third-order valence-electron chi connectivity index (χ3n) is 7.31. The van der Waals surface area contributed by atoms with Crippen molar-refractivity contribution in [2.45, 2.75) is 98.5 Å². The Kier molecular flexibility index (Phi) is 9.59. The summed E-state index contributed by atoms with van der Waals surface area (Å²) in [7, 11) is -3.31. The van der Waals surface area contributed by atoms with Crippen LogP contribution in [0.15, 0.2) is 36.4 Å². The number of aryl methyl sites for hydroxylation is 2. The lowest BCUT2D eigenvalue weighted by atomic mass is 9.70. The van der Waals surface area contributed by atoms with Crippen molar-refractivity contribution in [1.29, 1.82) is 0 Å². The average molecular weight is 504 g/mol. The van der Waals surface area contributed by atoms with Gasteiger partial charge >= 0.3 is 0 Å². The van der Waals surface area contributed by atoms with Gasteiger partial charge in [-0.05, 0) is 79.8 Å². The maximum Gasteiger partial charge on any atom is 0.214 e. The van der Waals surface area contributed by atoms with Crippen molar-refractivity contribution in [3.63, 3.8) is 0 Å². The van der Waals surface area contributed by atoms with E-state index in [-0.39, 0.29) is 17.4 Å². The SMILES string of the molecule is CCC(CC)(c1ccc(CNS(=O)(=O)C(C)C)c(C)c1)c1ccc(OCC(O)C(C)(C)C)c(C)c1. The second-order valence-electron chi connectivity index (χ2n) is 11.0. The number of ether oxygens (including phenoxy) is 1. The first-order valence-electron chi connectivity index (χ1n) is 12.7. The highest BCUT2D eigenvalue weighted by atomic mass is 32.2. The fourth-order valence-electron chi connectivity index (χ4n) is 4.30. The van der Waals surface area contributed by atoms with Crippen LogP contribution >= 0.6 is 0 Å². The van der Waals surface area contributed by atoms with E-state index in [1.165, 1.54) is 11.1 Å². The van der Waals surface area contributed by atoms with Crippen LogP contribution in [-0.4, -0.2) is 31.5 Å². The van der Waals surface area contributed by atoms with Crippen molar-refractivity contribution in [2.24, 2.45) is 5.41 Å². The van der Waals surface area contributed by atoms with Crippen molar-refractivity contribution in [3.8, 4) is 5.75 Å². The van der Waals surface area contributed by atoms with Crippen LogP contribution in [0.25, 0.3) is 0 Å². The predicted octanol–water partition coefficient (Wildman–Crippen LogP) is 6.02. The van der Waals surface area contributed by atoms with Crippen LogP contribution in [0.3, 0.4) is 0 Å². The predicted molar refractivity (Wildman–Crippen MR) is 146 cm³/mol. The Balaban J connectivity index is 2.33. The van der Waals surface area contributed by atoms with Gasteiger partial charge in [0.15, 0.2) is 0 Å². The molecule has 196 valence electrons. The first-order chi connectivity index (χ1) is 16.2. The molecule has 1 atom stereocenters. The highest BCUT2D eigenvalue weighted by Gasteiger charge is 2.32. The van der Waals surface area contributed by atoms with Gasteiger partial charge < -0.3 is 9.84 Å². The molecule has 1 unspecified atom stereocenters. The minimum absolute atomic E-state index is 0.158. The molecule has 2 rings (SSSR count). The van der Waals surface area contributed by atoms with Gasteiger partial charge in [0.1, 0.15) is 12.4 Å². The molecule has 0 aliphatic carbocycles. The van der Waals surface area contributed by atoms with E-state index in [0.29, 0.717) is 6.54 Å². The van der Waals surface area contributed by atoms with E-state index in [9.17, 15) is 13.5 Å². The lowest BCUT2D eigenvalue weighted by Gasteiger charge is -2.34. The van der Waals surface area contributed by atoms with E-state index in [1.54, 1.807) is 13.8 Å². The van der Waals surface area contributed by atoms with Crippen LogP contribution in [0.4, 0.5) is 0 Å². The minimum atomic E-state index is -3.31. The zero-order valence-electron chi connectivity index (χ0n) is 23.0. The molecule has 2 N–H and O–H groups in total. The lowest BCUT2D eigenvalue weighted by Crippen LogP contribution is -2.32. The summed E-state index contributed by atoms with van der Waals surface area (Å²) >= 11 is 0. The van der Waals surface area contributed by atoms with Gasteiger partial charge in [0.2, 0.25) is 10.0 Å². The Labute approximate surface area is 213 Å². The van der Waals surface area contributed by atoms with Crippen LogP contribution in [0.1, 0.15) is 89.1 Å². The Morgan fingerprint density at radius 2 is 1.49 bits per heavy atom. The third kappa shape index (κ3) is 6.87. The third-order valence-corrected chi connectivity index (χ3v) is 9.10. The maximum atomic E-state index is 12.2. The minimum Gasteiger partial charge on any atom is -0.491 e. The summed E-state index contributed by atoms with van der Waals surface area (Å²) < 4.78 is 33.0. The Morgan fingerprint density at radius 3 is 1.94 bits per heavy atom. The van der Waals surface area contributed by atoms with Crippen LogP contribution in [0, 0.1) is 19.3 Å². The van der Waals surface area contributed by atoms with Crippen molar-refractivity contribution < 1.29 is 18.3 Å². The van der Waals surface area contributed by atoms with Crippen molar-refractivity contribution in [2.75, 3.05) is 6.61 Å². The molecule has 0 aromatic heterocycles. The van der Waals surface area contributed by atoms with Crippen LogP contribution < -0.4 is 9.46 Å². The Bertz CT molecular complexity index is 1100. The van der Waals surface area contributed by atoms with Crippen molar-refractivity contribution in [1.82, 2.24) is 4.72 Å². The molecule has 2 aromatic rings. The fourth-order valence-corrected chi connectivity index (χ4v) is 4.99. The molecule has 0 aliphatic heterocycles. The summed E-state index contributed by atoms with van der Waals surface area (Å²) in [6.07, 6.45) is 1.33. The quantitative estimate of drug-likeness (QED) is 0.393. The standard InChI is InChI=1S/C29H45NO4S/c1-10-29(11-2,24-13-12-23(21(5)16-24)18-30-35(32,33)20(3)4)25-14-15-26(22(6)17-25)34-19-27(31)28(7,8)9/h12-17,20,27,30-31H,10-11,18-19H2,1-9H3. The monoisotopic (exact) mass is 503 g/mol. The molecule has 0 spiro atoms. The summed E-state index contributed by atoms with van der Waals surface area (Å²) in [5, 5.41) is 9.89. The van der Waals surface area contributed by atoms with E-state index < -0.39 is 21.4 Å². The smallest absolute Gasteiger partial charge is 0.214 e. The highest BCUT2D eigenvalue weighted by molar-refractivity contribution is 7.90. The van der Waals surface area contributed by atoms with E-state index in [0.717, 1.165) is 35.3 Å². The number of hydrogen-bond acceptors (Lipinski definition) is 4. The van der Waals surface area contributed by atoms with Crippen molar-refractivity contribution in [3.05, 3.63) is 64.2 Å². The molecule has 6 heteroatoms. The number of hydrogen-bond donors (Lipinski definition) is 2. The van der Waals surface area contributed by atoms with Crippen LogP contribution in [0.2, 0.25) is 0 Å². The highest BCUT2D eigenvalue weighted by Crippen LogP contribution is 2.41. The Hall–Kier alpha value is -1.89. The van der Waals surface area contributed by atoms with E-state index >= 15 is 0 Å². The molecule has 0 radical (unpaired) electrons. The van der Waals surface area contributed by atoms with Crippen LogP contribution in [-0.2, 0) is 22.0 Å². The molecule has 0 aliphatic rings. The molecule has 0 bridgehead atoms. The normalized spacial score (nSPS) is 13.8. The van der Waals surface area contributed by atoms with Gasteiger partial charge in [-0.3, -0.25) is 0 Å². The van der Waals surface area contributed by atoms with Crippen LogP contribution in [0.5, 0.6) is 5.75 Å². The summed E-state index contributed by atoms with van der Waals surface area (Å²) in [5.41, 5.74) is 5.18. The average Bonchev–Trinajstić information content (AvgIpc) is 2.78. The molecule has 5 nitrogen and oxygen atoms in total. The second kappa shape index (κ2) is 11.4. The molecule has 0 heterocycles. The van der Waals surface area contributed by atoms with Gasteiger partial charge in [-0.15, -0.1) is 0 Å². The maximum absolute atomic E-state index is 12.2. The first-order valence-corrected chi connectivity index (χ1v) is 14.2. The fraction of sp³-hybridized carbons (Fsp3) is 0.586. The molecular weight excluding hydrogens is 458 g/mol. The van der Waals surface area contributed by atoms with Gasteiger partial charge in [-0.25, -0.2) is 13.1 Å². The largest absolute Gasteiger partial charge is 0.491 e. The molecule has 0 amide bonds. The number of sulfonamides is 1. The van der Waals surface area contributed by atoms with Gasteiger partial charge in [0.25, 0.3) is 0 Å². The van der Waals surface area contributed by atoms with Gasteiger partial charge in [-0.2, -0.15) is 0 Å². The summed E-state index contributed by atoms with van der Waals surface area (Å²) in [5.74, 6) is 0.794. The summed E-state index contributed by atoms with van der Waals surface area (Å²) in [6, 6.07) is 12.7. The topological polar surface area (TPSA) is 75.6 Å². The lowest BCUT2D eigenvalue weighted by molar-refractivity contribution is 0.0216. The van der Waals surface area contributed by atoms with E-state index in [4.69, 9.17) is 4.74 Å². The zero-order chi connectivity index (χ0) is 26.6. The van der Waals surface area contributed by atoms with Crippen molar-refractivity contribution >= 4 is 10.0 Å². The number of nitrogens with one attached hydrogen (secondary N) is 1. The molecule has 0 saturated carbocycles. The number of aliphatic hydroxyl groups is 1.